The first-order valence-corrected chi connectivity index (χ1v) is 3.64. The van der Waals surface area contributed by atoms with Crippen molar-refractivity contribution in [3.05, 3.63) is 35.4 Å². The Hall–Kier alpha value is -0.890. The maximum absolute atomic E-state index is 12.1. The van der Waals surface area contributed by atoms with Gasteiger partial charge in [-0.3, -0.25) is 0 Å². The summed E-state index contributed by atoms with van der Waals surface area (Å²) in [5.74, 6) is 0. The Morgan fingerprint density at radius 2 is 2.27 bits per heavy atom. The van der Waals surface area contributed by atoms with Crippen molar-refractivity contribution in [3.63, 3.8) is 0 Å². The van der Waals surface area contributed by atoms with Gasteiger partial charge in [0.05, 0.1) is 0 Å². The molecule has 0 heterocycles. The molecule has 0 aromatic heterocycles. The van der Waals surface area contributed by atoms with E-state index < -0.39 is 6.67 Å². The summed E-state index contributed by atoms with van der Waals surface area (Å²) >= 11 is 0. The van der Waals surface area contributed by atoms with Gasteiger partial charge in [-0.2, -0.15) is 0 Å². The van der Waals surface area contributed by atoms with Gasteiger partial charge in [0.1, 0.15) is 6.67 Å². The number of halogens is 1. The lowest BCUT2D eigenvalue weighted by molar-refractivity contribution is 0.485. The van der Waals surface area contributed by atoms with Gasteiger partial charge in [-0.05, 0) is 18.1 Å². The van der Waals surface area contributed by atoms with Crippen molar-refractivity contribution in [2.24, 2.45) is 5.73 Å². The van der Waals surface area contributed by atoms with Crippen molar-refractivity contribution >= 4 is 0 Å². The quantitative estimate of drug-likeness (QED) is 0.692. The van der Waals surface area contributed by atoms with Crippen molar-refractivity contribution in [1.82, 2.24) is 0 Å². The fourth-order valence-corrected chi connectivity index (χ4v) is 0.959. The molecule has 1 unspecified atom stereocenters. The highest BCUT2D eigenvalue weighted by Gasteiger charge is 1.98. The highest BCUT2D eigenvalue weighted by Crippen LogP contribution is 2.12. The van der Waals surface area contributed by atoms with Gasteiger partial charge in [-0.25, -0.2) is 4.39 Å². The maximum atomic E-state index is 12.1. The Kier molecular flexibility index (Phi) is 2.60. The summed E-state index contributed by atoms with van der Waals surface area (Å²) in [4.78, 5) is 0. The van der Waals surface area contributed by atoms with Crippen LogP contribution in [0.25, 0.3) is 0 Å². The van der Waals surface area contributed by atoms with E-state index in [9.17, 15) is 4.39 Å². The molecule has 0 saturated carbocycles. The Labute approximate surface area is 66.0 Å². The molecule has 0 fully saturated rings. The largest absolute Gasteiger partial charge is 0.324 e. The van der Waals surface area contributed by atoms with Gasteiger partial charge in [0.25, 0.3) is 0 Å². The Morgan fingerprint density at radius 1 is 1.55 bits per heavy atom. The van der Waals surface area contributed by atoms with E-state index in [1.54, 1.807) is 12.1 Å². The van der Waals surface area contributed by atoms with Crippen LogP contribution in [0.1, 0.15) is 24.1 Å². The lowest BCUT2D eigenvalue weighted by atomic mass is 10.1. The third-order valence-corrected chi connectivity index (χ3v) is 1.63. The van der Waals surface area contributed by atoms with E-state index in [0.29, 0.717) is 5.56 Å². The molecule has 0 bridgehead atoms. The van der Waals surface area contributed by atoms with Crippen LogP contribution in [0, 0.1) is 0 Å². The fraction of sp³-hybridized carbons (Fsp3) is 0.333. The first-order valence-electron chi connectivity index (χ1n) is 3.64. The minimum Gasteiger partial charge on any atom is -0.324 e. The average Bonchev–Trinajstić information content (AvgIpc) is 2.05. The Bertz CT molecular complexity index is 233. The molecule has 2 heteroatoms. The molecule has 60 valence electrons. The van der Waals surface area contributed by atoms with Crippen LogP contribution in [-0.2, 0) is 6.67 Å². The first kappa shape index (κ1) is 8.21. The van der Waals surface area contributed by atoms with Crippen LogP contribution in [0.5, 0.6) is 0 Å². The molecule has 1 nitrogen and oxygen atoms in total. The molecular formula is C9H12FN. The SMILES string of the molecule is CC(N)c1cccc(CF)c1. The standard InChI is InChI=1S/C9H12FN/c1-7(11)9-4-2-3-8(5-9)6-10/h2-5,7H,6,11H2,1H3. The zero-order chi connectivity index (χ0) is 8.27. The van der Waals surface area contributed by atoms with Crippen LogP contribution >= 0.6 is 0 Å². The van der Waals surface area contributed by atoms with Crippen LogP contribution in [0.3, 0.4) is 0 Å². The molecule has 1 aromatic carbocycles. The van der Waals surface area contributed by atoms with Crippen molar-refractivity contribution in [2.45, 2.75) is 19.6 Å². The predicted octanol–water partition coefficient (Wildman–Crippen LogP) is 2.18. The lowest BCUT2D eigenvalue weighted by Crippen LogP contribution is -2.04. The zero-order valence-corrected chi connectivity index (χ0v) is 6.55. The minimum atomic E-state index is -0.416. The second kappa shape index (κ2) is 3.49. The highest BCUT2D eigenvalue weighted by molar-refractivity contribution is 5.24. The number of hydrogen-bond acceptors (Lipinski definition) is 1. The molecule has 2 N–H and O–H groups in total. The third kappa shape index (κ3) is 2.02. The fourth-order valence-electron chi connectivity index (χ4n) is 0.959. The molecular weight excluding hydrogens is 141 g/mol. The van der Waals surface area contributed by atoms with Crippen molar-refractivity contribution in [1.29, 1.82) is 0 Å². The van der Waals surface area contributed by atoms with Crippen molar-refractivity contribution in [3.8, 4) is 0 Å². The summed E-state index contributed by atoms with van der Waals surface area (Å²) in [5, 5.41) is 0. The van der Waals surface area contributed by atoms with E-state index >= 15 is 0 Å². The number of hydrogen-bond donors (Lipinski definition) is 1. The molecule has 1 rings (SSSR count). The van der Waals surface area contributed by atoms with Crippen LogP contribution in [0.15, 0.2) is 24.3 Å². The van der Waals surface area contributed by atoms with Gasteiger partial charge in [0.15, 0.2) is 0 Å². The van der Waals surface area contributed by atoms with E-state index in [0.717, 1.165) is 5.56 Å². The monoisotopic (exact) mass is 153 g/mol. The van der Waals surface area contributed by atoms with Crippen molar-refractivity contribution in [2.75, 3.05) is 0 Å². The number of nitrogens with two attached hydrogens (primary N) is 1. The van der Waals surface area contributed by atoms with Crippen LogP contribution in [0.2, 0.25) is 0 Å². The van der Waals surface area contributed by atoms with Crippen LogP contribution in [-0.4, -0.2) is 0 Å². The predicted molar refractivity (Wildman–Crippen MR) is 43.9 cm³/mol. The van der Waals surface area contributed by atoms with Gasteiger partial charge in [0, 0.05) is 6.04 Å². The van der Waals surface area contributed by atoms with Crippen LogP contribution in [0.4, 0.5) is 4.39 Å². The van der Waals surface area contributed by atoms with Crippen molar-refractivity contribution < 1.29 is 4.39 Å². The number of rotatable bonds is 2. The highest BCUT2D eigenvalue weighted by atomic mass is 19.1. The lowest BCUT2D eigenvalue weighted by Gasteiger charge is -2.05. The summed E-state index contributed by atoms with van der Waals surface area (Å²) in [6.07, 6.45) is 0. The zero-order valence-electron chi connectivity index (χ0n) is 6.55. The summed E-state index contributed by atoms with van der Waals surface area (Å²) in [5.41, 5.74) is 7.30. The van der Waals surface area contributed by atoms with Gasteiger partial charge >= 0.3 is 0 Å². The van der Waals surface area contributed by atoms with Gasteiger partial charge in [-0.1, -0.05) is 24.3 Å². The van der Waals surface area contributed by atoms with Gasteiger partial charge in [-0.15, -0.1) is 0 Å². The number of benzene rings is 1. The topological polar surface area (TPSA) is 26.0 Å². The van der Waals surface area contributed by atoms with E-state index in [-0.39, 0.29) is 6.04 Å². The smallest absolute Gasteiger partial charge is 0.115 e. The summed E-state index contributed by atoms with van der Waals surface area (Å²) in [6.45, 7) is 1.47. The van der Waals surface area contributed by atoms with Crippen LogP contribution < -0.4 is 5.73 Å². The van der Waals surface area contributed by atoms with E-state index in [1.165, 1.54) is 0 Å². The molecule has 1 atom stereocenters. The summed E-state index contributed by atoms with van der Waals surface area (Å²) in [7, 11) is 0. The normalized spacial score (nSPS) is 13.0. The molecule has 0 aliphatic rings. The van der Waals surface area contributed by atoms with E-state index in [2.05, 4.69) is 0 Å². The molecule has 0 aliphatic heterocycles. The molecule has 11 heavy (non-hydrogen) atoms. The Morgan fingerprint density at radius 3 is 2.82 bits per heavy atom. The molecule has 0 saturated heterocycles. The first-order chi connectivity index (χ1) is 5.24. The molecule has 0 radical (unpaired) electrons. The summed E-state index contributed by atoms with van der Waals surface area (Å²) in [6, 6.07) is 7.27. The van der Waals surface area contributed by atoms with Gasteiger partial charge in [0.2, 0.25) is 0 Å². The second-order valence-corrected chi connectivity index (χ2v) is 2.67. The average molecular weight is 153 g/mol. The minimum absolute atomic E-state index is 0.0125. The molecule has 1 aromatic rings. The van der Waals surface area contributed by atoms with E-state index in [4.69, 9.17) is 5.73 Å². The number of alkyl halides is 1. The third-order valence-electron chi connectivity index (χ3n) is 1.63. The van der Waals surface area contributed by atoms with E-state index in [1.807, 2.05) is 19.1 Å². The van der Waals surface area contributed by atoms with Gasteiger partial charge < -0.3 is 5.73 Å². The Balaban J connectivity index is 2.91. The summed E-state index contributed by atoms with van der Waals surface area (Å²) < 4.78 is 12.1. The molecule has 0 spiro atoms. The molecule has 0 amide bonds. The second-order valence-electron chi connectivity index (χ2n) is 2.67. The molecule has 0 aliphatic carbocycles. The maximum Gasteiger partial charge on any atom is 0.115 e.